The van der Waals surface area contributed by atoms with Crippen LogP contribution in [0.15, 0.2) is 12.2 Å². The second-order valence-corrected chi connectivity index (χ2v) is 3.59. The number of carboxylic acids is 1. The maximum absolute atomic E-state index is 11.3. The third-order valence-electron chi connectivity index (χ3n) is 2.35. The van der Waals surface area contributed by atoms with E-state index in [0.717, 1.165) is 0 Å². The van der Waals surface area contributed by atoms with Crippen LogP contribution in [0.4, 0.5) is 0 Å². The highest BCUT2D eigenvalue weighted by Gasteiger charge is 2.24. The zero-order chi connectivity index (χ0) is 11.3. The SMILES string of the molecule is CNCCC(=O)NC1C=CC(C(=O)O)C1. The average molecular weight is 212 g/mol. The average Bonchev–Trinajstić information content (AvgIpc) is 2.63. The molecular formula is C10H16N2O3. The molecule has 2 unspecified atom stereocenters. The Morgan fingerprint density at radius 3 is 2.73 bits per heavy atom. The second-order valence-electron chi connectivity index (χ2n) is 3.59. The summed E-state index contributed by atoms with van der Waals surface area (Å²) in [6.07, 6.45) is 4.25. The largest absolute Gasteiger partial charge is 0.481 e. The molecule has 1 rings (SSSR count). The lowest BCUT2D eigenvalue weighted by molar-refractivity contribution is -0.140. The molecule has 1 amide bonds. The van der Waals surface area contributed by atoms with Crippen molar-refractivity contribution in [2.24, 2.45) is 5.92 Å². The summed E-state index contributed by atoms with van der Waals surface area (Å²) >= 11 is 0. The van der Waals surface area contributed by atoms with Crippen LogP contribution >= 0.6 is 0 Å². The lowest BCUT2D eigenvalue weighted by Gasteiger charge is -2.11. The highest BCUT2D eigenvalue weighted by molar-refractivity contribution is 5.77. The molecule has 0 bridgehead atoms. The summed E-state index contributed by atoms with van der Waals surface area (Å²) in [4.78, 5) is 21.9. The normalized spacial score (nSPS) is 24.1. The van der Waals surface area contributed by atoms with E-state index in [-0.39, 0.29) is 11.9 Å². The maximum atomic E-state index is 11.3. The van der Waals surface area contributed by atoms with Crippen LogP contribution in [0.25, 0.3) is 0 Å². The van der Waals surface area contributed by atoms with Crippen LogP contribution < -0.4 is 10.6 Å². The van der Waals surface area contributed by atoms with Crippen LogP contribution in [-0.4, -0.2) is 36.6 Å². The van der Waals surface area contributed by atoms with Gasteiger partial charge in [0.2, 0.25) is 5.91 Å². The van der Waals surface area contributed by atoms with Crippen molar-refractivity contribution < 1.29 is 14.7 Å². The molecule has 0 aromatic rings. The summed E-state index contributed by atoms with van der Waals surface area (Å²) in [5.74, 6) is -1.34. The Labute approximate surface area is 88.5 Å². The molecule has 0 aromatic heterocycles. The Hall–Kier alpha value is -1.36. The number of rotatable bonds is 5. The van der Waals surface area contributed by atoms with Crippen LogP contribution in [0.3, 0.4) is 0 Å². The maximum Gasteiger partial charge on any atom is 0.310 e. The Morgan fingerprint density at radius 2 is 2.20 bits per heavy atom. The van der Waals surface area contributed by atoms with Crippen LogP contribution in [-0.2, 0) is 9.59 Å². The molecule has 0 fully saturated rings. The van der Waals surface area contributed by atoms with E-state index < -0.39 is 11.9 Å². The van der Waals surface area contributed by atoms with E-state index in [1.165, 1.54) is 0 Å². The number of carboxylic acid groups (broad SMARTS) is 1. The highest BCUT2D eigenvalue weighted by atomic mass is 16.4. The van der Waals surface area contributed by atoms with Gasteiger partial charge in [-0.3, -0.25) is 9.59 Å². The minimum absolute atomic E-state index is 0.0509. The molecule has 1 aliphatic rings. The summed E-state index contributed by atoms with van der Waals surface area (Å²) in [5, 5.41) is 14.4. The van der Waals surface area contributed by atoms with Crippen LogP contribution in [0.2, 0.25) is 0 Å². The number of hydrogen-bond acceptors (Lipinski definition) is 3. The van der Waals surface area contributed by atoms with Crippen molar-refractivity contribution in [2.45, 2.75) is 18.9 Å². The van der Waals surface area contributed by atoms with E-state index >= 15 is 0 Å². The molecular weight excluding hydrogens is 196 g/mol. The predicted molar refractivity (Wildman–Crippen MR) is 55.4 cm³/mol. The predicted octanol–water partition coefficient (Wildman–Crippen LogP) is -0.259. The Kier molecular flexibility index (Phi) is 4.30. The van der Waals surface area contributed by atoms with Crippen LogP contribution in [0.5, 0.6) is 0 Å². The zero-order valence-corrected chi connectivity index (χ0v) is 8.69. The third-order valence-corrected chi connectivity index (χ3v) is 2.35. The van der Waals surface area contributed by atoms with Gasteiger partial charge in [-0.1, -0.05) is 12.2 Å². The fourth-order valence-corrected chi connectivity index (χ4v) is 1.51. The van der Waals surface area contributed by atoms with Crippen molar-refractivity contribution in [3.8, 4) is 0 Å². The van der Waals surface area contributed by atoms with Crippen molar-refractivity contribution in [3.63, 3.8) is 0 Å². The summed E-state index contributed by atoms with van der Waals surface area (Å²) in [7, 11) is 1.78. The van der Waals surface area contributed by atoms with Crippen molar-refractivity contribution in [1.82, 2.24) is 10.6 Å². The molecule has 0 aliphatic heterocycles. The van der Waals surface area contributed by atoms with Gasteiger partial charge in [0.05, 0.1) is 5.92 Å². The Bertz CT molecular complexity index is 276. The van der Waals surface area contributed by atoms with E-state index in [4.69, 9.17) is 5.11 Å². The number of nitrogens with one attached hydrogen (secondary N) is 2. The van der Waals surface area contributed by atoms with Gasteiger partial charge in [-0.25, -0.2) is 0 Å². The molecule has 84 valence electrons. The Balaban J connectivity index is 2.27. The minimum Gasteiger partial charge on any atom is -0.481 e. The second kappa shape index (κ2) is 5.50. The van der Waals surface area contributed by atoms with Gasteiger partial charge < -0.3 is 15.7 Å². The lowest BCUT2D eigenvalue weighted by atomic mass is 10.1. The van der Waals surface area contributed by atoms with E-state index in [1.54, 1.807) is 19.2 Å². The molecule has 0 spiro atoms. The van der Waals surface area contributed by atoms with Gasteiger partial charge in [0.15, 0.2) is 0 Å². The molecule has 5 nitrogen and oxygen atoms in total. The first-order valence-electron chi connectivity index (χ1n) is 4.98. The van der Waals surface area contributed by atoms with Gasteiger partial charge in [-0.15, -0.1) is 0 Å². The molecule has 0 aromatic carbocycles. The quantitative estimate of drug-likeness (QED) is 0.549. The minimum atomic E-state index is -0.835. The Morgan fingerprint density at radius 1 is 1.47 bits per heavy atom. The fraction of sp³-hybridized carbons (Fsp3) is 0.600. The van der Waals surface area contributed by atoms with Crippen molar-refractivity contribution in [2.75, 3.05) is 13.6 Å². The number of aliphatic carboxylic acids is 1. The van der Waals surface area contributed by atoms with Crippen molar-refractivity contribution >= 4 is 11.9 Å². The summed E-state index contributed by atoms with van der Waals surface area (Å²) in [6, 6.07) is -0.129. The summed E-state index contributed by atoms with van der Waals surface area (Å²) in [5.41, 5.74) is 0. The molecule has 0 saturated heterocycles. The highest BCUT2D eigenvalue weighted by Crippen LogP contribution is 2.17. The summed E-state index contributed by atoms with van der Waals surface area (Å²) in [6.45, 7) is 0.630. The van der Waals surface area contributed by atoms with Crippen LogP contribution in [0, 0.1) is 5.92 Å². The van der Waals surface area contributed by atoms with Gasteiger partial charge in [-0.2, -0.15) is 0 Å². The standard InChI is InChI=1S/C10H16N2O3/c1-11-5-4-9(13)12-8-3-2-7(6-8)10(14)15/h2-3,7-8,11H,4-6H2,1H3,(H,12,13)(H,14,15). The van der Waals surface area contributed by atoms with Gasteiger partial charge in [0, 0.05) is 19.0 Å². The first kappa shape index (κ1) is 11.7. The molecule has 15 heavy (non-hydrogen) atoms. The molecule has 3 N–H and O–H groups in total. The van der Waals surface area contributed by atoms with Gasteiger partial charge in [0.1, 0.15) is 0 Å². The molecule has 5 heteroatoms. The third kappa shape index (κ3) is 3.71. The van der Waals surface area contributed by atoms with Gasteiger partial charge >= 0.3 is 5.97 Å². The number of hydrogen-bond donors (Lipinski definition) is 3. The lowest BCUT2D eigenvalue weighted by Crippen LogP contribution is -2.34. The topological polar surface area (TPSA) is 78.4 Å². The summed E-state index contributed by atoms with van der Waals surface area (Å²) < 4.78 is 0. The molecule has 0 radical (unpaired) electrons. The number of amides is 1. The smallest absolute Gasteiger partial charge is 0.310 e. The molecule has 2 atom stereocenters. The first-order chi connectivity index (χ1) is 7.13. The molecule has 0 heterocycles. The first-order valence-corrected chi connectivity index (χ1v) is 4.98. The number of carbonyl (C=O) groups is 2. The van der Waals surface area contributed by atoms with Gasteiger partial charge in [0.25, 0.3) is 0 Å². The monoisotopic (exact) mass is 212 g/mol. The van der Waals surface area contributed by atoms with E-state index in [2.05, 4.69) is 10.6 Å². The molecule has 1 aliphatic carbocycles. The fourth-order valence-electron chi connectivity index (χ4n) is 1.51. The molecule has 0 saturated carbocycles. The van der Waals surface area contributed by atoms with E-state index in [1.807, 2.05) is 0 Å². The van der Waals surface area contributed by atoms with Crippen LogP contribution in [0.1, 0.15) is 12.8 Å². The van der Waals surface area contributed by atoms with Gasteiger partial charge in [-0.05, 0) is 13.5 Å². The van der Waals surface area contributed by atoms with Crippen molar-refractivity contribution in [1.29, 1.82) is 0 Å². The van der Waals surface area contributed by atoms with Crippen molar-refractivity contribution in [3.05, 3.63) is 12.2 Å². The van der Waals surface area contributed by atoms with E-state index in [0.29, 0.717) is 19.4 Å². The number of carbonyl (C=O) groups excluding carboxylic acids is 1. The zero-order valence-electron chi connectivity index (χ0n) is 8.69. The van der Waals surface area contributed by atoms with E-state index in [9.17, 15) is 9.59 Å².